The van der Waals surface area contributed by atoms with Gasteiger partial charge in [-0.05, 0) is 31.4 Å². The molecule has 0 amide bonds. The van der Waals surface area contributed by atoms with E-state index in [1.165, 1.54) is 0 Å². The lowest BCUT2D eigenvalue weighted by Gasteiger charge is -2.32. The summed E-state index contributed by atoms with van der Waals surface area (Å²) < 4.78 is 5.53. The van der Waals surface area contributed by atoms with Crippen LogP contribution in [0.4, 0.5) is 0 Å². The highest BCUT2D eigenvalue weighted by atomic mass is 16.5. The zero-order valence-electron chi connectivity index (χ0n) is 10.8. The van der Waals surface area contributed by atoms with Crippen molar-refractivity contribution in [3.05, 3.63) is 48.2 Å². The zero-order chi connectivity index (χ0) is 12.8. The summed E-state index contributed by atoms with van der Waals surface area (Å²) in [5.41, 5.74) is 0.685. The standard InChI is InChI=1S/C15H21NO2/c1-15(12-17,13-7-3-2-4-8-13)16-11-14-9-5-6-10-18-14/h2-4,6-8,10,14,16-17H,5,9,11-12H2,1H3. The number of nitrogens with one attached hydrogen (secondary N) is 1. The van der Waals surface area contributed by atoms with Crippen LogP contribution in [0.25, 0.3) is 0 Å². The zero-order valence-corrected chi connectivity index (χ0v) is 10.8. The maximum Gasteiger partial charge on any atom is 0.110 e. The Kier molecular flexibility index (Phi) is 4.39. The Labute approximate surface area is 108 Å². The molecule has 98 valence electrons. The molecule has 0 spiro atoms. The van der Waals surface area contributed by atoms with Crippen LogP contribution in [0, 0.1) is 0 Å². The summed E-state index contributed by atoms with van der Waals surface area (Å²) in [5.74, 6) is 0. The first-order valence-electron chi connectivity index (χ1n) is 6.46. The monoisotopic (exact) mass is 247 g/mol. The largest absolute Gasteiger partial charge is 0.497 e. The molecule has 0 radical (unpaired) electrons. The van der Waals surface area contributed by atoms with E-state index in [-0.39, 0.29) is 12.7 Å². The van der Waals surface area contributed by atoms with Crippen molar-refractivity contribution in [2.75, 3.05) is 13.2 Å². The molecular weight excluding hydrogens is 226 g/mol. The summed E-state index contributed by atoms with van der Waals surface area (Å²) in [6, 6.07) is 10.0. The van der Waals surface area contributed by atoms with E-state index in [2.05, 4.69) is 5.32 Å². The van der Waals surface area contributed by atoms with Crippen molar-refractivity contribution in [3.63, 3.8) is 0 Å². The molecule has 0 fully saturated rings. The second kappa shape index (κ2) is 6.03. The summed E-state index contributed by atoms with van der Waals surface area (Å²) in [6.07, 6.45) is 6.10. The van der Waals surface area contributed by atoms with Crippen LogP contribution in [0.1, 0.15) is 25.3 Å². The van der Waals surface area contributed by atoms with E-state index in [1.807, 2.05) is 43.3 Å². The van der Waals surface area contributed by atoms with Crippen LogP contribution in [0.3, 0.4) is 0 Å². The van der Waals surface area contributed by atoms with E-state index >= 15 is 0 Å². The second-order valence-electron chi connectivity index (χ2n) is 4.94. The molecule has 1 heterocycles. The number of ether oxygens (including phenoxy) is 1. The third-order valence-corrected chi connectivity index (χ3v) is 3.47. The first-order chi connectivity index (χ1) is 8.74. The minimum Gasteiger partial charge on any atom is -0.497 e. The first-order valence-corrected chi connectivity index (χ1v) is 6.46. The number of benzene rings is 1. The van der Waals surface area contributed by atoms with Crippen molar-refractivity contribution in [2.24, 2.45) is 0 Å². The Morgan fingerprint density at radius 3 is 2.78 bits per heavy atom. The van der Waals surface area contributed by atoms with Gasteiger partial charge in [-0.25, -0.2) is 0 Å². The Balaban J connectivity index is 1.98. The second-order valence-corrected chi connectivity index (χ2v) is 4.94. The number of aliphatic hydroxyl groups is 1. The topological polar surface area (TPSA) is 41.5 Å². The molecule has 3 nitrogen and oxygen atoms in total. The molecule has 1 aromatic rings. The quantitative estimate of drug-likeness (QED) is 0.838. The Morgan fingerprint density at radius 1 is 1.39 bits per heavy atom. The molecule has 0 aliphatic carbocycles. The average Bonchev–Trinajstić information content (AvgIpc) is 2.47. The van der Waals surface area contributed by atoms with E-state index < -0.39 is 5.54 Å². The van der Waals surface area contributed by atoms with Crippen LogP contribution in [0.2, 0.25) is 0 Å². The predicted molar refractivity (Wildman–Crippen MR) is 72.1 cm³/mol. The van der Waals surface area contributed by atoms with Crippen LogP contribution in [-0.4, -0.2) is 24.4 Å². The number of aliphatic hydroxyl groups excluding tert-OH is 1. The highest BCUT2D eigenvalue weighted by molar-refractivity contribution is 5.23. The lowest BCUT2D eigenvalue weighted by atomic mass is 9.92. The van der Waals surface area contributed by atoms with Crippen LogP contribution >= 0.6 is 0 Å². The first kappa shape index (κ1) is 13.1. The normalized spacial score (nSPS) is 22.2. The summed E-state index contributed by atoms with van der Waals surface area (Å²) in [4.78, 5) is 0. The van der Waals surface area contributed by atoms with Gasteiger partial charge in [0.05, 0.1) is 18.4 Å². The van der Waals surface area contributed by atoms with Crippen molar-refractivity contribution < 1.29 is 9.84 Å². The maximum atomic E-state index is 9.65. The molecule has 1 aliphatic rings. The van der Waals surface area contributed by atoms with E-state index in [0.29, 0.717) is 0 Å². The molecule has 0 saturated carbocycles. The summed E-state index contributed by atoms with van der Waals surface area (Å²) in [6.45, 7) is 2.83. The fraction of sp³-hybridized carbons (Fsp3) is 0.467. The van der Waals surface area contributed by atoms with E-state index in [0.717, 1.165) is 24.9 Å². The van der Waals surface area contributed by atoms with Crippen molar-refractivity contribution in [3.8, 4) is 0 Å². The number of hydrogen-bond donors (Lipinski definition) is 2. The molecule has 2 atom stereocenters. The van der Waals surface area contributed by atoms with Crippen molar-refractivity contribution in [1.82, 2.24) is 5.32 Å². The molecule has 1 aliphatic heterocycles. The van der Waals surface area contributed by atoms with Gasteiger partial charge >= 0.3 is 0 Å². The molecule has 2 unspecified atom stereocenters. The van der Waals surface area contributed by atoms with Gasteiger partial charge in [-0.3, -0.25) is 0 Å². The maximum absolute atomic E-state index is 9.65. The van der Waals surface area contributed by atoms with Crippen molar-refractivity contribution in [2.45, 2.75) is 31.4 Å². The molecule has 3 heteroatoms. The van der Waals surface area contributed by atoms with Crippen molar-refractivity contribution >= 4 is 0 Å². The predicted octanol–water partition coefficient (Wildman–Crippen LogP) is 2.18. The SMILES string of the molecule is CC(CO)(NCC1CCC=CO1)c1ccccc1. The summed E-state index contributed by atoms with van der Waals surface area (Å²) in [5, 5.41) is 13.1. The molecule has 0 aromatic heterocycles. The van der Waals surface area contributed by atoms with Gasteiger partial charge in [-0.15, -0.1) is 0 Å². The minimum atomic E-state index is -0.411. The van der Waals surface area contributed by atoms with Crippen LogP contribution in [0.5, 0.6) is 0 Å². The molecule has 2 N–H and O–H groups in total. The highest BCUT2D eigenvalue weighted by Gasteiger charge is 2.26. The molecule has 2 rings (SSSR count). The highest BCUT2D eigenvalue weighted by Crippen LogP contribution is 2.20. The molecule has 18 heavy (non-hydrogen) atoms. The van der Waals surface area contributed by atoms with E-state index in [1.54, 1.807) is 6.26 Å². The fourth-order valence-electron chi connectivity index (χ4n) is 2.13. The molecule has 1 aromatic carbocycles. The number of allylic oxidation sites excluding steroid dienone is 1. The third-order valence-electron chi connectivity index (χ3n) is 3.47. The third kappa shape index (κ3) is 3.12. The molecule has 0 saturated heterocycles. The summed E-state index contributed by atoms with van der Waals surface area (Å²) >= 11 is 0. The van der Waals surface area contributed by atoms with Crippen LogP contribution in [-0.2, 0) is 10.3 Å². The van der Waals surface area contributed by atoms with Gasteiger partial charge in [0.15, 0.2) is 0 Å². The Hall–Kier alpha value is -1.32. The van der Waals surface area contributed by atoms with Gasteiger partial charge in [0.25, 0.3) is 0 Å². The summed E-state index contributed by atoms with van der Waals surface area (Å²) in [7, 11) is 0. The van der Waals surface area contributed by atoms with E-state index in [4.69, 9.17) is 4.74 Å². The van der Waals surface area contributed by atoms with Gasteiger partial charge < -0.3 is 15.2 Å². The lowest BCUT2D eigenvalue weighted by Crippen LogP contribution is -2.46. The van der Waals surface area contributed by atoms with Crippen molar-refractivity contribution in [1.29, 1.82) is 0 Å². The number of rotatable bonds is 5. The molecule has 0 bridgehead atoms. The molecular formula is C15H21NO2. The van der Waals surface area contributed by atoms with Gasteiger partial charge in [0.1, 0.15) is 6.10 Å². The Bertz CT molecular complexity index is 391. The van der Waals surface area contributed by atoms with Crippen LogP contribution in [0.15, 0.2) is 42.7 Å². The Morgan fingerprint density at radius 2 is 2.17 bits per heavy atom. The minimum absolute atomic E-state index is 0.0690. The smallest absolute Gasteiger partial charge is 0.110 e. The average molecular weight is 247 g/mol. The van der Waals surface area contributed by atoms with Gasteiger partial charge in [-0.1, -0.05) is 30.3 Å². The van der Waals surface area contributed by atoms with Crippen LogP contribution < -0.4 is 5.32 Å². The van der Waals surface area contributed by atoms with Gasteiger partial charge in [0.2, 0.25) is 0 Å². The fourth-order valence-corrected chi connectivity index (χ4v) is 2.13. The van der Waals surface area contributed by atoms with Gasteiger partial charge in [0, 0.05) is 6.54 Å². The lowest BCUT2D eigenvalue weighted by molar-refractivity contribution is 0.0982. The number of hydrogen-bond acceptors (Lipinski definition) is 3. The van der Waals surface area contributed by atoms with Gasteiger partial charge in [-0.2, -0.15) is 0 Å². The van der Waals surface area contributed by atoms with E-state index in [9.17, 15) is 5.11 Å².